The van der Waals surface area contributed by atoms with E-state index in [1.165, 1.54) is 11.1 Å². The molecule has 0 aromatic heterocycles. The molecule has 0 amide bonds. The van der Waals surface area contributed by atoms with Crippen molar-refractivity contribution < 1.29 is 9.47 Å². The van der Waals surface area contributed by atoms with Gasteiger partial charge in [0.1, 0.15) is 11.5 Å². The highest BCUT2D eigenvalue weighted by molar-refractivity contribution is 5.45. The zero-order valence-corrected chi connectivity index (χ0v) is 13.8. The zero-order chi connectivity index (χ0) is 16.6. The first-order valence-corrected chi connectivity index (χ1v) is 8.48. The summed E-state index contributed by atoms with van der Waals surface area (Å²) in [6.07, 6.45) is 8.32. The Labute approximate surface area is 144 Å². The first kappa shape index (κ1) is 16.4. The molecule has 0 spiro atoms. The van der Waals surface area contributed by atoms with Crippen molar-refractivity contribution >= 4 is 0 Å². The van der Waals surface area contributed by atoms with Crippen molar-refractivity contribution in [2.75, 3.05) is 19.8 Å². The maximum Gasteiger partial charge on any atom is 0.122 e. The zero-order valence-electron chi connectivity index (χ0n) is 13.8. The Morgan fingerprint density at radius 2 is 1.88 bits per heavy atom. The Kier molecular flexibility index (Phi) is 5.76. The molecule has 1 aliphatic carbocycles. The van der Waals surface area contributed by atoms with Crippen LogP contribution in [0.3, 0.4) is 0 Å². The standard InChI is InChI=1S/C21H23NO2/c1-2-14-22-20-13-12-19-18(20)10-6-11-21(19)24-16-7-15-23-17-8-4-3-5-9-17/h1,3-6,8-11,20,22H,7,12-16H2. The van der Waals surface area contributed by atoms with E-state index in [1.54, 1.807) is 0 Å². The van der Waals surface area contributed by atoms with Crippen molar-refractivity contribution in [2.45, 2.75) is 25.3 Å². The third-order valence-electron chi connectivity index (χ3n) is 4.24. The molecule has 1 N–H and O–H groups in total. The second-order valence-corrected chi connectivity index (χ2v) is 5.86. The molecule has 3 rings (SSSR count). The number of rotatable bonds is 8. The number of nitrogens with one attached hydrogen (secondary N) is 1. The van der Waals surface area contributed by atoms with Crippen LogP contribution in [0, 0.1) is 12.3 Å². The summed E-state index contributed by atoms with van der Waals surface area (Å²) in [6, 6.07) is 16.5. The molecule has 0 bridgehead atoms. The first-order valence-electron chi connectivity index (χ1n) is 8.48. The molecular weight excluding hydrogens is 298 g/mol. The van der Waals surface area contributed by atoms with Crippen LogP contribution in [0.5, 0.6) is 11.5 Å². The predicted octanol–water partition coefficient (Wildman–Crippen LogP) is 3.74. The molecule has 0 radical (unpaired) electrons. The molecule has 0 saturated carbocycles. The molecule has 3 nitrogen and oxygen atoms in total. The fraction of sp³-hybridized carbons (Fsp3) is 0.333. The highest BCUT2D eigenvalue weighted by Crippen LogP contribution is 2.36. The van der Waals surface area contributed by atoms with Crippen molar-refractivity contribution in [3.8, 4) is 23.8 Å². The lowest BCUT2D eigenvalue weighted by Gasteiger charge is -2.14. The van der Waals surface area contributed by atoms with E-state index in [0.717, 1.165) is 30.8 Å². The maximum atomic E-state index is 5.99. The van der Waals surface area contributed by atoms with Crippen LogP contribution in [0.4, 0.5) is 0 Å². The summed E-state index contributed by atoms with van der Waals surface area (Å²) in [5, 5.41) is 3.40. The van der Waals surface area contributed by atoms with Crippen molar-refractivity contribution in [3.63, 3.8) is 0 Å². The molecule has 124 valence electrons. The van der Waals surface area contributed by atoms with E-state index in [1.807, 2.05) is 30.3 Å². The average molecular weight is 321 g/mol. The van der Waals surface area contributed by atoms with E-state index in [2.05, 4.69) is 29.4 Å². The smallest absolute Gasteiger partial charge is 0.122 e. The molecule has 0 saturated heterocycles. The average Bonchev–Trinajstić information content (AvgIpc) is 3.04. The molecule has 3 heteroatoms. The molecule has 1 aliphatic rings. The van der Waals surface area contributed by atoms with E-state index in [-0.39, 0.29) is 0 Å². The van der Waals surface area contributed by atoms with Crippen molar-refractivity contribution in [1.29, 1.82) is 0 Å². The fourth-order valence-electron chi connectivity index (χ4n) is 3.10. The summed E-state index contributed by atoms with van der Waals surface area (Å²) < 4.78 is 11.7. The lowest BCUT2D eigenvalue weighted by molar-refractivity contribution is 0.246. The number of hydrogen-bond acceptors (Lipinski definition) is 3. The van der Waals surface area contributed by atoms with Crippen LogP contribution in [0.15, 0.2) is 48.5 Å². The minimum absolute atomic E-state index is 0.348. The number of para-hydroxylation sites is 1. The molecule has 0 aliphatic heterocycles. The second-order valence-electron chi connectivity index (χ2n) is 5.86. The summed E-state index contributed by atoms with van der Waals surface area (Å²) in [7, 11) is 0. The van der Waals surface area contributed by atoms with E-state index in [9.17, 15) is 0 Å². The topological polar surface area (TPSA) is 30.5 Å². The minimum atomic E-state index is 0.348. The summed E-state index contributed by atoms with van der Waals surface area (Å²) in [6.45, 7) is 1.92. The summed E-state index contributed by atoms with van der Waals surface area (Å²) >= 11 is 0. The van der Waals surface area contributed by atoms with Gasteiger partial charge in [0.15, 0.2) is 0 Å². The number of hydrogen-bond donors (Lipinski definition) is 1. The monoisotopic (exact) mass is 321 g/mol. The van der Waals surface area contributed by atoms with Gasteiger partial charge in [0.25, 0.3) is 0 Å². The van der Waals surface area contributed by atoms with Crippen LogP contribution in [0.25, 0.3) is 0 Å². The predicted molar refractivity (Wildman–Crippen MR) is 96.4 cm³/mol. The Morgan fingerprint density at radius 3 is 2.71 bits per heavy atom. The SMILES string of the molecule is C#CCNC1CCc2c(OCCCOc3ccccc3)cccc21. The minimum Gasteiger partial charge on any atom is -0.493 e. The van der Waals surface area contributed by atoms with Gasteiger partial charge in [-0.3, -0.25) is 5.32 Å². The van der Waals surface area contributed by atoms with E-state index >= 15 is 0 Å². The van der Waals surface area contributed by atoms with Gasteiger partial charge in [0.2, 0.25) is 0 Å². The Hall–Kier alpha value is -2.44. The van der Waals surface area contributed by atoms with Gasteiger partial charge in [0, 0.05) is 12.5 Å². The van der Waals surface area contributed by atoms with Gasteiger partial charge in [-0.05, 0) is 42.2 Å². The highest BCUT2D eigenvalue weighted by Gasteiger charge is 2.24. The van der Waals surface area contributed by atoms with Gasteiger partial charge >= 0.3 is 0 Å². The van der Waals surface area contributed by atoms with Gasteiger partial charge in [0.05, 0.1) is 19.8 Å². The van der Waals surface area contributed by atoms with Crippen LogP contribution >= 0.6 is 0 Å². The fourth-order valence-corrected chi connectivity index (χ4v) is 3.10. The van der Waals surface area contributed by atoms with Gasteiger partial charge in [-0.1, -0.05) is 36.3 Å². The molecular formula is C21H23NO2. The van der Waals surface area contributed by atoms with E-state index in [0.29, 0.717) is 25.8 Å². The summed E-state index contributed by atoms with van der Waals surface area (Å²) in [5.41, 5.74) is 2.64. The molecule has 1 atom stereocenters. The third-order valence-corrected chi connectivity index (χ3v) is 4.24. The lowest BCUT2D eigenvalue weighted by Crippen LogP contribution is -2.19. The number of benzene rings is 2. The second kappa shape index (κ2) is 8.42. The molecule has 0 fully saturated rings. The lowest BCUT2D eigenvalue weighted by atomic mass is 10.1. The molecule has 1 unspecified atom stereocenters. The van der Waals surface area contributed by atoms with Gasteiger partial charge < -0.3 is 9.47 Å². The Bertz CT molecular complexity index is 691. The van der Waals surface area contributed by atoms with Crippen LogP contribution in [-0.4, -0.2) is 19.8 Å². The third kappa shape index (κ3) is 4.10. The highest BCUT2D eigenvalue weighted by atomic mass is 16.5. The number of ether oxygens (including phenoxy) is 2. The van der Waals surface area contributed by atoms with Crippen LogP contribution in [0.1, 0.15) is 30.0 Å². The van der Waals surface area contributed by atoms with E-state index < -0.39 is 0 Å². The maximum absolute atomic E-state index is 5.99. The molecule has 2 aromatic carbocycles. The van der Waals surface area contributed by atoms with Gasteiger partial charge in [-0.15, -0.1) is 6.42 Å². The molecule has 2 aromatic rings. The van der Waals surface area contributed by atoms with Crippen LogP contribution < -0.4 is 14.8 Å². The quantitative estimate of drug-likeness (QED) is 0.593. The first-order chi connectivity index (χ1) is 11.9. The number of fused-ring (bicyclic) bond motifs is 1. The molecule has 24 heavy (non-hydrogen) atoms. The summed E-state index contributed by atoms with van der Waals surface area (Å²) in [4.78, 5) is 0. The number of terminal acetylenes is 1. The van der Waals surface area contributed by atoms with Gasteiger partial charge in [-0.2, -0.15) is 0 Å². The molecule has 0 heterocycles. The Balaban J connectivity index is 1.48. The summed E-state index contributed by atoms with van der Waals surface area (Å²) in [5.74, 6) is 4.55. The van der Waals surface area contributed by atoms with Crippen LogP contribution in [-0.2, 0) is 6.42 Å². The Morgan fingerprint density at radius 1 is 1.04 bits per heavy atom. The van der Waals surface area contributed by atoms with Crippen molar-refractivity contribution in [3.05, 3.63) is 59.7 Å². The van der Waals surface area contributed by atoms with Crippen molar-refractivity contribution in [2.24, 2.45) is 0 Å². The van der Waals surface area contributed by atoms with Gasteiger partial charge in [-0.25, -0.2) is 0 Å². The van der Waals surface area contributed by atoms with Crippen LogP contribution in [0.2, 0.25) is 0 Å². The largest absolute Gasteiger partial charge is 0.493 e. The van der Waals surface area contributed by atoms with E-state index in [4.69, 9.17) is 15.9 Å². The normalized spacial score (nSPS) is 15.5. The van der Waals surface area contributed by atoms with Crippen molar-refractivity contribution in [1.82, 2.24) is 5.32 Å².